The van der Waals surface area contributed by atoms with Crippen LogP contribution in [0.5, 0.6) is 11.5 Å². The van der Waals surface area contributed by atoms with Crippen molar-refractivity contribution in [3.8, 4) is 11.5 Å². The topological polar surface area (TPSA) is 89.6 Å². The number of rotatable bonds is 11. The van der Waals surface area contributed by atoms with Crippen molar-refractivity contribution in [1.82, 2.24) is 15.6 Å². The van der Waals surface area contributed by atoms with Gasteiger partial charge in [0, 0.05) is 24.7 Å². The minimum absolute atomic E-state index is 0.0591. The summed E-state index contributed by atoms with van der Waals surface area (Å²) in [6.07, 6.45) is 0.540. The predicted octanol–water partition coefficient (Wildman–Crippen LogP) is 5.13. The number of carbonyl (C=O) groups excluding carboxylic acids is 2. The Labute approximate surface area is 194 Å². The van der Waals surface area contributed by atoms with Crippen LogP contribution in [0.15, 0.2) is 53.8 Å². The first-order valence-corrected chi connectivity index (χ1v) is 11.5. The third-order valence-corrected chi connectivity index (χ3v) is 5.14. The molecule has 0 radical (unpaired) electrons. The third-order valence-electron chi connectivity index (χ3n) is 3.80. The van der Waals surface area contributed by atoms with Gasteiger partial charge in [-0.15, -0.1) is 0 Å². The van der Waals surface area contributed by atoms with Crippen LogP contribution in [0.2, 0.25) is 5.02 Å². The molecule has 0 atom stereocenters. The van der Waals surface area contributed by atoms with Gasteiger partial charge in [0.05, 0.1) is 11.2 Å². The van der Waals surface area contributed by atoms with E-state index in [0.717, 1.165) is 6.07 Å². The minimum Gasteiger partial charge on any atom is -0.484 e. The Bertz CT molecular complexity index is 1080. The maximum absolute atomic E-state index is 13.3. The van der Waals surface area contributed by atoms with Gasteiger partial charge in [-0.25, -0.2) is 9.37 Å². The zero-order valence-corrected chi connectivity index (χ0v) is 18.7. The van der Waals surface area contributed by atoms with E-state index in [2.05, 4.69) is 22.2 Å². The smallest absolute Gasteiger partial charge is 0.325 e. The van der Waals surface area contributed by atoms with Crippen LogP contribution in [-0.2, 0) is 9.59 Å². The van der Waals surface area contributed by atoms with E-state index >= 15 is 0 Å². The first-order chi connectivity index (χ1) is 15.5. The van der Waals surface area contributed by atoms with Gasteiger partial charge in [-0.3, -0.25) is 9.59 Å². The molecule has 0 aliphatic carbocycles. The second kappa shape index (κ2) is 9.62. The number of hydrogen-bond donors (Lipinski definition) is 2. The number of benzene rings is 1. The van der Waals surface area contributed by atoms with Crippen molar-refractivity contribution in [2.45, 2.75) is 11.4 Å². The van der Waals surface area contributed by atoms with Crippen LogP contribution in [0.3, 0.4) is 0 Å². The highest BCUT2D eigenvalue weighted by atomic mass is 35.5. The Morgan fingerprint density at radius 1 is 1.00 bits per heavy atom. The van der Waals surface area contributed by atoms with Gasteiger partial charge >= 0.3 is 10.2 Å². The average molecular weight is 534 g/mol. The second-order valence-electron chi connectivity index (χ2n) is 6.71. The van der Waals surface area contributed by atoms with E-state index in [4.69, 9.17) is 21.1 Å². The van der Waals surface area contributed by atoms with E-state index in [1.165, 1.54) is 12.1 Å². The number of amides is 2. The Hall–Kier alpha value is -3.13. The van der Waals surface area contributed by atoms with Crippen molar-refractivity contribution in [3.63, 3.8) is 0 Å². The Morgan fingerprint density at radius 2 is 1.62 bits per heavy atom. The number of pyridine rings is 1. The highest BCUT2D eigenvalue weighted by Gasteiger charge is 2.67. The summed E-state index contributed by atoms with van der Waals surface area (Å²) >= 11 is 5.54. The molecule has 1 aromatic heterocycles. The predicted molar refractivity (Wildman–Crippen MR) is 113 cm³/mol. The third kappa shape index (κ3) is 9.02. The highest BCUT2D eigenvalue weighted by molar-refractivity contribution is 8.45. The molecular formula is C19H18ClF6N3O4S. The van der Waals surface area contributed by atoms with Gasteiger partial charge in [-0.1, -0.05) is 37.6 Å². The number of hydrogen-bond acceptors (Lipinski definition) is 5. The van der Waals surface area contributed by atoms with Gasteiger partial charge in [0.1, 0.15) is 17.3 Å². The zero-order valence-electron chi connectivity index (χ0n) is 17.1. The summed E-state index contributed by atoms with van der Waals surface area (Å²) in [5.41, 5.74) is 0.184. The molecule has 0 saturated heterocycles. The van der Waals surface area contributed by atoms with E-state index in [0.29, 0.717) is 12.3 Å². The van der Waals surface area contributed by atoms with Gasteiger partial charge in [0.15, 0.2) is 18.2 Å². The average Bonchev–Trinajstić information content (AvgIpc) is 2.72. The maximum atomic E-state index is 13.3. The maximum Gasteiger partial charge on any atom is 0.325 e. The lowest BCUT2D eigenvalue weighted by Gasteiger charge is -2.39. The number of nitrogens with zero attached hydrogens (tertiary/aromatic N) is 1. The summed E-state index contributed by atoms with van der Waals surface area (Å²) < 4.78 is 86.4. The van der Waals surface area contributed by atoms with Crippen molar-refractivity contribution < 1.29 is 42.9 Å². The van der Waals surface area contributed by atoms with E-state index < -0.39 is 46.1 Å². The van der Waals surface area contributed by atoms with Crippen LogP contribution >= 0.6 is 21.8 Å². The first kappa shape index (κ1) is 27.1. The monoisotopic (exact) mass is 533 g/mol. The molecule has 2 rings (SSSR count). The fourth-order valence-corrected chi connectivity index (χ4v) is 2.94. The van der Waals surface area contributed by atoms with E-state index in [1.54, 1.807) is 0 Å². The number of ether oxygens (including phenoxy) is 2. The minimum atomic E-state index is -9.89. The molecule has 188 valence electrons. The molecule has 1 aromatic carbocycles. The van der Waals surface area contributed by atoms with Crippen LogP contribution in [0.4, 0.5) is 23.8 Å². The molecule has 0 bridgehead atoms. The van der Waals surface area contributed by atoms with Crippen molar-refractivity contribution in [1.29, 1.82) is 0 Å². The molecule has 2 amide bonds. The fourth-order valence-electron chi connectivity index (χ4n) is 2.24. The summed E-state index contributed by atoms with van der Waals surface area (Å²) in [7, 11) is -9.89. The lowest BCUT2D eigenvalue weighted by Crippen LogP contribution is -2.32. The van der Waals surface area contributed by atoms with Crippen molar-refractivity contribution in [2.24, 2.45) is 0 Å². The lowest BCUT2D eigenvalue weighted by atomic mass is 10.3. The molecular weight excluding hydrogens is 516 g/mol. The van der Waals surface area contributed by atoms with Crippen LogP contribution in [-0.4, -0.2) is 36.6 Å². The summed E-state index contributed by atoms with van der Waals surface area (Å²) in [6.45, 7) is 2.58. The number of nitrogens with one attached hydrogen (secondary N) is 2. The molecule has 0 aliphatic rings. The largest absolute Gasteiger partial charge is 0.484 e. The first-order valence-electron chi connectivity index (χ1n) is 9.18. The summed E-state index contributed by atoms with van der Waals surface area (Å²) in [6, 6.07) is 4.34. The Kier molecular flexibility index (Phi) is 7.67. The number of halogens is 7. The molecule has 0 aliphatic heterocycles. The normalized spacial score (nSPS) is 13.3. The van der Waals surface area contributed by atoms with Crippen LogP contribution in [0.1, 0.15) is 6.42 Å². The SMILES string of the molecule is C=C(CCNC(=O)COc1ccc(Cl)c(F)c1)NC(=O)COc1ccc(S(F)(F)(F)(F)F)nc1. The molecule has 0 saturated carbocycles. The summed E-state index contributed by atoms with van der Waals surface area (Å²) in [5.74, 6) is -2.19. The molecule has 0 spiro atoms. The van der Waals surface area contributed by atoms with Crippen LogP contribution < -0.4 is 20.1 Å². The van der Waals surface area contributed by atoms with Gasteiger partial charge in [0.25, 0.3) is 11.8 Å². The van der Waals surface area contributed by atoms with E-state index in [1.807, 2.05) is 0 Å². The van der Waals surface area contributed by atoms with Crippen molar-refractivity contribution >= 4 is 33.6 Å². The standard InChI is InChI=1S/C19H18ClF6N3O4S/c1-12(6-7-27-17(30)10-32-13-2-4-15(20)16(21)8-13)29-18(31)11-33-14-3-5-19(28-9-14)34(22,23,24,25)26/h2-5,8-9H,1,6-7,10-11H2,(H,27,30)(H,29,31). The fraction of sp³-hybridized carbons (Fsp3) is 0.211. The quantitative estimate of drug-likeness (QED) is 0.391. The van der Waals surface area contributed by atoms with E-state index in [9.17, 15) is 33.4 Å². The number of aromatic nitrogens is 1. The summed E-state index contributed by atoms with van der Waals surface area (Å²) in [4.78, 5) is 26.2. The molecule has 2 aromatic rings. The van der Waals surface area contributed by atoms with Crippen LogP contribution in [0, 0.1) is 5.82 Å². The number of carbonyl (C=O) groups is 2. The zero-order chi connectivity index (χ0) is 25.6. The van der Waals surface area contributed by atoms with Gasteiger partial charge < -0.3 is 20.1 Å². The molecule has 7 nitrogen and oxygen atoms in total. The molecule has 2 N–H and O–H groups in total. The van der Waals surface area contributed by atoms with Gasteiger partial charge in [-0.05, 0) is 24.3 Å². The van der Waals surface area contributed by atoms with Crippen molar-refractivity contribution in [3.05, 3.63) is 59.6 Å². The summed E-state index contributed by atoms with van der Waals surface area (Å²) in [5, 5.41) is 2.40. The van der Waals surface area contributed by atoms with Gasteiger partial charge in [-0.2, -0.15) is 0 Å². The van der Waals surface area contributed by atoms with Crippen molar-refractivity contribution in [2.75, 3.05) is 19.8 Å². The highest BCUT2D eigenvalue weighted by Crippen LogP contribution is 3.01. The molecule has 0 fully saturated rings. The molecule has 0 unspecified atom stereocenters. The Morgan fingerprint density at radius 3 is 2.21 bits per heavy atom. The molecule has 15 heteroatoms. The van der Waals surface area contributed by atoms with Gasteiger partial charge in [0.2, 0.25) is 0 Å². The van der Waals surface area contributed by atoms with Crippen LogP contribution in [0.25, 0.3) is 0 Å². The Balaban J connectivity index is 1.67. The lowest BCUT2D eigenvalue weighted by molar-refractivity contribution is -0.123. The molecule has 34 heavy (non-hydrogen) atoms. The second-order valence-corrected chi connectivity index (χ2v) is 9.47. The molecule has 1 heterocycles. The van der Waals surface area contributed by atoms with E-state index in [-0.39, 0.29) is 41.3 Å².